The number of furan rings is 1. The number of carbonyl (C=O) groups is 1. The molecule has 1 atom stereocenters. The predicted molar refractivity (Wildman–Crippen MR) is 133 cm³/mol. The zero-order chi connectivity index (χ0) is 23.9. The molecule has 0 saturated carbocycles. The van der Waals surface area contributed by atoms with E-state index in [4.69, 9.17) is 14.1 Å². The molecule has 1 N–H and O–H groups in total. The number of aromatic amines is 1. The fourth-order valence-electron chi connectivity index (χ4n) is 4.63. The Labute approximate surface area is 200 Å². The Morgan fingerprint density at radius 2 is 1.74 bits per heavy atom. The SMILES string of the molecule is CC(OC(=O)c1c2c(nc3ccccc13)/C(=C/c1ccco1)CC2)c1nc2ccccc2c(=O)[nH]1. The molecule has 1 aliphatic rings. The maximum Gasteiger partial charge on any atom is 0.339 e. The molecule has 0 aliphatic heterocycles. The minimum absolute atomic E-state index is 0.267. The predicted octanol–water partition coefficient (Wildman–Crippen LogP) is 5.47. The Bertz CT molecular complexity index is 1680. The van der Waals surface area contributed by atoms with Crippen LogP contribution in [0, 0.1) is 0 Å². The molecular weight excluding hydrogens is 442 g/mol. The summed E-state index contributed by atoms with van der Waals surface area (Å²) in [6.45, 7) is 1.71. The third-order valence-electron chi connectivity index (χ3n) is 6.31. The molecule has 0 amide bonds. The first-order valence-electron chi connectivity index (χ1n) is 11.4. The smallest absolute Gasteiger partial charge is 0.339 e. The molecule has 3 aromatic heterocycles. The molecule has 7 heteroatoms. The third kappa shape index (κ3) is 3.71. The Morgan fingerprint density at radius 1 is 1.00 bits per heavy atom. The van der Waals surface area contributed by atoms with Crippen LogP contribution in [-0.4, -0.2) is 20.9 Å². The number of fused-ring (bicyclic) bond motifs is 3. The number of rotatable bonds is 4. The number of H-pyrrole nitrogens is 1. The van der Waals surface area contributed by atoms with Gasteiger partial charge in [0.25, 0.3) is 5.56 Å². The number of hydrogen-bond acceptors (Lipinski definition) is 6. The Balaban J connectivity index is 1.41. The van der Waals surface area contributed by atoms with Gasteiger partial charge in [0.2, 0.25) is 0 Å². The number of nitrogens with one attached hydrogen (secondary N) is 1. The zero-order valence-electron chi connectivity index (χ0n) is 18.9. The first kappa shape index (κ1) is 21.0. The number of para-hydroxylation sites is 2. The van der Waals surface area contributed by atoms with Gasteiger partial charge in [-0.1, -0.05) is 30.3 Å². The molecule has 0 spiro atoms. The van der Waals surface area contributed by atoms with Crippen LogP contribution in [0.4, 0.5) is 0 Å². The molecule has 0 fully saturated rings. The zero-order valence-corrected chi connectivity index (χ0v) is 18.9. The van der Waals surface area contributed by atoms with E-state index in [-0.39, 0.29) is 5.56 Å². The minimum atomic E-state index is -0.748. The molecule has 0 radical (unpaired) electrons. The number of ether oxygens (including phenoxy) is 1. The van der Waals surface area contributed by atoms with E-state index >= 15 is 0 Å². The second-order valence-electron chi connectivity index (χ2n) is 8.53. The number of allylic oxidation sites excluding steroid dienone is 1. The Morgan fingerprint density at radius 3 is 2.51 bits per heavy atom. The van der Waals surface area contributed by atoms with Gasteiger partial charge in [0.05, 0.1) is 33.9 Å². The molecule has 6 rings (SSSR count). The highest BCUT2D eigenvalue weighted by atomic mass is 16.5. The Kier molecular flexibility index (Phi) is 5.03. The van der Waals surface area contributed by atoms with Crippen LogP contribution in [0.3, 0.4) is 0 Å². The van der Waals surface area contributed by atoms with Crippen molar-refractivity contribution in [2.75, 3.05) is 0 Å². The van der Waals surface area contributed by atoms with Gasteiger partial charge in [-0.2, -0.15) is 0 Å². The standard InChI is InChI=1S/C28H21N3O4/c1-16(26-30-23-11-5-3-9-20(23)27(32)31-26)35-28(33)24-19-8-2-4-10-22(19)29-25-17(12-13-21(24)25)15-18-7-6-14-34-18/h2-11,14-16H,12-13H2,1H3,(H,30,31,32)/b17-15+. The van der Waals surface area contributed by atoms with Gasteiger partial charge in [0.1, 0.15) is 5.76 Å². The van der Waals surface area contributed by atoms with Gasteiger partial charge >= 0.3 is 5.97 Å². The molecule has 1 aliphatic carbocycles. The van der Waals surface area contributed by atoms with Gasteiger partial charge in [0, 0.05) is 5.39 Å². The highest BCUT2D eigenvalue weighted by Crippen LogP contribution is 2.38. The number of pyridine rings is 1. The first-order chi connectivity index (χ1) is 17.1. The number of aromatic nitrogens is 3. The van der Waals surface area contributed by atoms with E-state index in [9.17, 15) is 9.59 Å². The summed E-state index contributed by atoms with van der Waals surface area (Å²) in [5.41, 5.74) is 4.17. The lowest BCUT2D eigenvalue weighted by Crippen LogP contribution is -2.18. The van der Waals surface area contributed by atoms with Crippen molar-refractivity contribution in [2.45, 2.75) is 25.9 Å². The molecule has 1 unspecified atom stereocenters. The quantitative estimate of drug-likeness (QED) is 0.355. The lowest BCUT2D eigenvalue weighted by molar-refractivity contribution is 0.0321. The van der Waals surface area contributed by atoms with Crippen molar-refractivity contribution in [2.24, 2.45) is 0 Å². The van der Waals surface area contributed by atoms with Crippen molar-refractivity contribution in [1.82, 2.24) is 15.0 Å². The molecule has 5 aromatic rings. The van der Waals surface area contributed by atoms with E-state index in [0.717, 1.165) is 39.9 Å². The van der Waals surface area contributed by atoms with Crippen LogP contribution in [0.5, 0.6) is 0 Å². The summed E-state index contributed by atoms with van der Waals surface area (Å²) in [7, 11) is 0. The molecule has 0 bridgehead atoms. The van der Waals surface area contributed by atoms with Crippen LogP contribution < -0.4 is 5.56 Å². The number of hydrogen-bond donors (Lipinski definition) is 1. The maximum absolute atomic E-state index is 13.6. The summed E-state index contributed by atoms with van der Waals surface area (Å²) in [5, 5.41) is 1.23. The molecule has 7 nitrogen and oxygen atoms in total. The lowest BCUT2D eigenvalue weighted by Gasteiger charge is -2.16. The van der Waals surface area contributed by atoms with Gasteiger partial charge in [-0.3, -0.25) is 4.79 Å². The highest BCUT2D eigenvalue weighted by Gasteiger charge is 2.29. The Hall–Kier alpha value is -4.52. The van der Waals surface area contributed by atoms with E-state index in [1.165, 1.54) is 0 Å². The van der Waals surface area contributed by atoms with Crippen LogP contribution in [0.15, 0.2) is 76.1 Å². The van der Waals surface area contributed by atoms with E-state index in [0.29, 0.717) is 28.7 Å². The second-order valence-corrected chi connectivity index (χ2v) is 8.53. The molecule has 2 aromatic carbocycles. The number of nitrogens with zero attached hydrogens (tertiary/aromatic N) is 2. The van der Waals surface area contributed by atoms with Crippen LogP contribution >= 0.6 is 0 Å². The summed E-state index contributed by atoms with van der Waals surface area (Å²) in [6, 6.07) is 18.4. The average Bonchev–Trinajstić information content (AvgIpc) is 3.53. The number of carbonyl (C=O) groups excluding carboxylic acids is 1. The van der Waals surface area contributed by atoms with Crippen LogP contribution in [0.25, 0.3) is 33.5 Å². The van der Waals surface area contributed by atoms with Crippen LogP contribution in [-0.2, 0) is 11.2 Å². The summed E-state index contributed by atoms with van der Waals surface area (Å²) in [6.07, 6.45) is 4.26. The average molecular weight is 463 g/mol. The van der Waals surface area contributed by atoms with Gasteiger partial charge in [-0.25, -0.2) is 14.8 Å². The normalized spacial score (nSPS) is 14.9. The van der Waals surface area contributed by atoms with Crippen molar-refractivity contribution in [3.63, 3.8) is 0 Å². The van der Waals surface area contributed by atoms with Crippen molar-refractivity contribution >= 4 is 39.4 Å². The number of esters is 1. The fraction of sp³-hybridized carbons (Fsp3) is 0.143. The van der Waals surface area contributed by atoms with Crippen molar-refractivity contribution in [3.05, 3.63) is 106 Å². The van der Waals surface area contributed by atoms with Crippen LogP contribution in [0.2, 0.25) is 0 Å². The van der Waals surface area contributed by atoms with Gasteiger partial charge in [0.15, 0.2) is 11.9 Å². The van der Waals surface area contributed by atoms with E-state index < -0.39 is 12.1 Å². The van der Waals surface area contributed by atoms with E-state index in [1.54, 1.807) is 31.4 Å². The first-order valence-corrected chi connectivity index (χ1v) is 11.4. The third-order valence-corrected chi connectivity index (χ3v) is 6.31. The minimum Gasteiger partial charge on any atom is -0.465 e. The van der Waals surface area contributed by atoms with Crippen LogP contribution in [0.1, 0.15) is 52.6 Å². The summed E-state index contributed by atoms with van der Waals surface area (Å²) in [5.74, 6) is 0.574. The summed E-state index contributed by atoms with van der Waals surface area (Å²) >= 11 is 0. The molecule has 0 saturated heterocycles. The maximum atomic E-state index is 13.6. The second kappa shape index (κ2) is 8.36. The summed E-state index contributed by atoms with van der Waals surface area (Å²) in [4.78, 5) is 38.2. The van der Waals surface area contributed by atoms with Gasteiger partial charge < -0.3 is 14.1 Å². The molecular formula is C28H21N3O4. The van der Waals surface area contributed by atoms with E-state index in [2.05, 4.69) is 9.97 Å². The van der Waals surface area contributed by atoms with Gasteiger partial charge in [-0.15, -0.1) is 0 Å². The fourth-order valence-corrected chi connectivity index (χ4v) is 4.63. The highest BCUT2D eigenvalue weighted by molar-refractivity contribution is 6.07. The van der Waals surface area contributed by atoms with Gasteiger partial charge in [-0.05, 0) is 67.3 Å². The molecule has 172 valence electrons. The van der Waals surface area contributed by atoms with E-state index in [1.807, 2.05) is 48.5 Å². The topological polar surface area (TPSA) is 98.1 Å². The summed E-state index contributed by atoms with van der Waals surface area (Å²) < 4.78 is 11.3. The van der Waals surface area contributed by atoms with Crippen molar-refractivity contribution in [3.8, 4) is 0 Å². The number of benzene rings is 2. The van der Waals surface area contributed by atoms with Crippen molar-refractivity contribution < 1.29 is 13.9 Å². The van der Waals surface area contributed by atoms with Crippen molar-refractivity contribution in [1.29, 1.82) is 0 Å². The largest absolute Gasteiger partial charge is 0.465 e. The molecule has 35 heavy (non-hydrogen) atoms. The lowest BCUT2D eigenvalue weighted by atomic mass is 10.0. The monoisotopic (exact) mass is 463 g/mol. The molecule has 3 heterocycles.